The Balaban J connectivity index is 2.22. The molecule has 6 heteroatoms. The molecule has 0 spiro atoms. The van der Waals surface area contributed by atoms with Gasteiger partial charge in [0, 0.05) is 26.1 Å². The second-order valence-corrected chi connectivity index (χ2v) is 4.96. The molecule has 2 aromatic heterocycles. The van der Waals surface area contributed by atoms with Crippen LogP contribution in [0.3, 0.4) is 0 Å². The molecule has 0 aliphatic carbocycles. The van der Waals surface area contributed by atoms with E-state index < -0.39 is 6.56 Å². The second kappa shape index (κ2) is 5.41. The molecule has 3 N–H and O–H groups in total. The van der Waals surface area contributed by atoms with Crippen LogP contribution in [0, 0.1) is 13.8 Å². The van der Waals surface area contributed by atoms with E-state index in [0.29, 0.717) is 18.2 Å². The monoisotopic (exact) mass is 267 g/mol. The van der Waals surface area contributed by atoms with E-state index in [9.17, 15) is 5.11 Å². The van der Waals surface area contributed by atoms with Gasteiger partial charge < -0.3 is 10.8 Å². The van der Waals surface area contributed by atoms with Gasteiger partial charge in [0.15, 0.2) is 12.2 Å². The summed E-state index contributed by atoms with van der Waals surface area (Å²) in [6, 6.07) is 0. The number of aryl methyl sites for hydroxylation is 2. The smallest absolute Gasteiger partial charge is 0.225 e. The number of anilines is 1. The van der Waals surface area contributed by atoms with Crippen LogP contribution in [-0.2, 0) is 13.0 Å². The van der Waals surface area contributed by atoms with Gasteiger partial charge in [-0.05, 0) is 6.92 Å². The van der Waals surface area contributed by atoms with Crippen molar-refractivity contribution in [2.75, 3.05) is 12.3 Å². The summed E-state index contributed by atoms with van der Waals surface area (Å²) in [5, 5.41) is 9.26. The first-order chi connectivity index (χ1) is 9.26. The summed E-state index contributed by atoms with van der Waals surface area (Å²) in [5.74, 6) is 1.09. The molecule has 2 aromatic rings. The van der Waals surface area contributed by atoms with Crippen LogP contribution in [0.1, 0.15) is 24.7 Å². The predicted molar refractivity (Wildman–Crippen MR) is 70.3 cm³/mol. The molecule has 0 aliphatic heterocycles. The summed E-state index contributed by atoms with van der Waals surface area (Å²) < 4.78 is 16.4. The fourth-order valence-electron chi connectivity index (χ4n) is 1.67. The Morgan fingerprint density at radius 3 is 3.00 bits per heavy atom. The van der Waals surface area contributed by atoms with E-state index in [1.165, 1.54) is 11.3 Å². The van der Waals surface area contributed by atoms with E-state index in [0.717, 1.165) is 16.1 Å². The first-order valence-corrected chi connectivity index (χ1v) is 6.41. The van der Waals surface area contributed by atoms with Gasteiger partial charge in [0.1, 0.15) is 11.6 Å². The first-order valence-electron chi connectivity index (χ1n) is 6.53. The maximum Gasteiger partial charge on any atom is 0.225 e. The summed E-state index contributed by atoms with van der Waals surface area (Å²) in [6.45, 7) is 2.01. The zero-order valence-electron chi connectivity index (χ0n) is 12.3. The fraction of sp³-hybridized carbons (Fsp3) is 0.417. The Labute approximate surface area is 113 Å². The molecule has 0 unspecified atom stereocenters. The zero-order chi connectivity index (χ0) is 14.9. The molecule has 2 rings (SSSR count). The van der Waals surface area contributed by atoms with Gasteiger partial charge in [-0.25, -0.2) is 9.97 Å². The molecule has 0 saturated heterocycles. The highest BCUT2D eigenvalue weighted by Gasteiger charge is 2.16. The summed E-state index contributed by atoms with van der Waals surface area (Å²) in [6.07, 6.45) is 1.68. The minimum atomic E-state index is -2.19. The van der Waals surface area contributed by atoms with Gasteiger partial charge >= 0.3 is 0 Å². The Kier molecular flexibility index (Phi) is 3.12. The third-order valence-corrected chi connectivity index (χ3v) is 3.84. The quantitative estimate of drug-likeness (QED) is 0.796. The van der Waals surface area contributed by atoms with Gasteiger partial charge in [0.25, 0.3) is 0 Å². The average molecular weight is 267 g/mol. The molecule has 0 amide bonds. The van der Waals surface area contributed by atoms with E-state index in [1.807, 2.05) is 17.0 Å². The van der Waals surface area contributed by atoms with E-state index in [4.69, 9.17) is 8.48 Å². The molecule has 0 atom stereocenters. The molecule has 0 aliphatic rings. The van der Waals surface area contributed by atoms with Crippen molar-refractivity contribution in [1.29, 1.82) is 0 Å². The van der Waals surface area contributed by atoms with Crippen LogP contribution in [-0.4, -0.2) is 21.6 Å². The number of nitrogens with two attached hydrogens (primary N) is 1. The second-order valence-electron chi connectivity index (χ2n) is 4.02. The number of aromatic nitrogens is 3. The normalized spacial score (nSPS) is 13.3. The third kappa shape index (κ3) is 2.65. The number of nitrogens with zero attached hydrogens (tertiary/aromatic N) is 3. The van der Waals surface area contributed by atoms with Gasteiger partial charge in [0.2, 0.25) is 5.51 Å². The number of rotatable bonds is 4. The van der Waals surface area contributed by atoms with Crippen molar-refractivity contribution >= 4 is 17.2 Å². The summed E-state index contributed by atoms with van der Waals surface area (Å²) >= 11 is 1.41. The van der Waals surface area contributed by atoms with E-state index in [2.05, 4.69) is 9.97 Å². The highest BCUT2D eigenvalue weighted by Crippen LogP contribution is 2.13. The van der Waals surface area contributed by atoms with Gasteiger partial charge in [-0.3, -0.25) is 0 Å². The van der Waals surface area contributed by atoms with Gasteiger partial charge in [-0.15, -0.1) is 0 Å². The Morgan fingerprint density at radius 1 is 1.56 bits per heavy atom. The van der Waals surface area contributed by atoms with Crippen LogP contribution in [0.25, 0.3) is 0 Å². The van der Waals surface area contributed by atoms with Crippen LogP contribution >= 0.6 is 11.3 Å². The summed E-state index contributed by atoms with van der Waals surface area (Å²) in [4.78, 5) is 9.06. The number of hydrogen-bond acceptors (Lipinski definition) is 5. The van der Waals surface area contributed by atoms with Crippen molar-refractivity contribution in [3.05, 3.63) is 33.7 Å². The molecule has 18 heavy (non-hydrogen) atoms. The molecular weight excluding hydrogens is 248 g/mol. The van der Waals surface area contributed by atoms with Crippen molar-refractivity contribution in [2.45, 2.75) is 26.8 Å². The topological polar surface area (TPSA) is 75.9 Å². The third-order valence-electron chi connectivity index (χ3n) is 2.76. The summed E-state index contributed by atoms with van der Waals surface area (Å²) in [7, 11) is 0. The molecule has 0 aromatic carbocycles. The van der Waals surface area contributed by atoms with E-state index >= 15 is 0 Å². The van der Waals surface area contributed by atoms with Crippen LogP contribution in [0.4, 0.5) is 5.82 Å². The lowest BCUT2D eigenvalue weighted by atomic mass is 10.2. The highest BCUT2D eigenvalue weighted by atomic mass is 32.1. The largest absolute Gasteiger partial charge is 0.396 e. The molecule has 0 fully saturated rings. The summed E-state index contributed by atoms with van der Waals surface area (Å²) in [5.41, 5.74) is 9.48. The van der Waals surface area contributed by atoms with Crippen molar-refractivity contribution in [3.8, 4) is 0 Å². The highest BCUT2D eigenvalue weighted by molar-refractivity contribution is 7.09. The van der Waals surface area contributed by atoms with Gasteiger partial charge in [0.05, 0.1) is 13.2 Å². The van der Waals surface area contributed by atoms with Crippen molar-refractivity contribution in [3.63, 3.8) is 0 Å². The fourth-order valence-corrected chi connectivity index (χ4v) is 2.59. The van der Waals surface area contributed by atoms with Gasteiger partial charge in [-0.1, -0.05) is 11.3 Å². The molecule has 0 saturated carbocycles. The lowest BCUT2D eigenvalue weighted by Gasteiger charge is -2.01. The van der Waals surface area contributed by atoms with E-state index in [-0.39, 0.29) is 6.42 Å². The van der Waals surface area contributed by atoms with Gasteiger partial charge in [-0.2, -0.15) is 4.57 Å². The molecular formula is C12H17N4OS+. The minimum Gasteiger partial charge on any atom is -0.396 e. The lowest BCUT2D eigenvalue weighted by molar-refractivity contribution is -0.689. The standard InChI is InChI=1S/C12H17N4OS/c1-8-11(3-4-17)18-7-16(8)6-10-5-14-9(2)15-12(10)13/h5,7,17H,3-4,6H2,1-2H3,(H2,13,14,15)/q+1/i4D2. The molecule has 0 bridgehead atoms. The maximum atomic E-state index is 9.26. The van der Waals surface area contributed by atoms with Crippen molar-refractivity contribution in [1.82, 2.24) is 9.97 Å². The first kappa shape index (κ1) is 10.4. The number of hydrogen-bond donors (Lipinski definition) is 2. The molecule has 0 radical (unpaired) electrons. The minimum absolute atomic E-state index is 0.0175. The number of aliphatic hydroxyl groups is 1. The van der Waals surface area contributed by atoms with Crippen LogP contribution in [0.15, 0.2) is 11.7 Å². The Bertz CT molecular complexity index is 624. The Hall–Kier alpha value is -1.53. The maximum absolute atomic E-state index is 9.26. The Morgan fingerprint density at radius 2 is 2.33 bits per heavy atom. The van der Waals surface area contributed by atoms with Crippen molar-refractivity contribution in [2.24, 2.45) is 0 Å². The van der Waals surface area contributed by atoms with Crippen LogP contribution < -0.4 is 10.3 Å². The molecule has 2 heterocycles. The number of thiazole rings is 1. The van der Waals surface area contributed by atoms with Crippen molar-refractivity contribution < 1.29 is 12.4 Å². The predicted octanol–water partition coefficient (Wildman–Crippen LogP) is 0.608. The molecule has 5 nitrogen and oxygen atoms in total. The molecule has 96 valence electrons. The SMILES string of the molecule is [2H]C([2H])(O)Cc1sc[n+](Cc2cnc(C)nc2N)c1C. The average Bonchev–Trinajstić information content (AvgIpc) is 2.63. The van der Waals surface area contributed by atoms with Crippen LogP contribution in [0.2, 0.25) is 0 Å². The lowest BCUT2D eigenvalue weighted by Crippen LogP contribution is -2.35. The van der Waals surface area contributed by atoms with Crippen LogP contribution in [0.5, 0.6) is 0 Å². The number of nitrogen functional groups attached to an aromatic ring is 1. The van der Waals surface area contributed by atoms with E-state index in [1.54, 1.807) is 13.1 Å². The zero-order valence-corrected chi connectivity index (χ0v) is 11.2.